The van der Waals surface area contributed by atoms with Crippen molar-refractivity contribution < 1.29 is 9.53 Å². The Kier molecular flexibility index (Phi) is 5.61. The quantitative estimate of drug-likeness (QED) is 0.927. The number of rotatable bonds is 4. The van der Waals surface area contributed by atoms with E-state index in [2.05, 4.69) is 21.7 Å². The van der Waals surface area contributed by atoms with Gasteiger partial charge >= 0.3 is 6.03 Å². The van der Waals surface area contributed by atoms with E-state index in [9.17, 15) is 4.79 Å². The van der Waals surface area contributed by atoms with Gasteiger partial charge in [0.25, 0.3) is 0 Å². The molecule has 0 radical (unpaired) electrons. The molecule has 3 atom stereocenters. The molecule has 1 aromatic heterocycles. The molecular weight excluding hydrogens is 286 g/mol. The first-order valence-electron chi connectivity index (χ1n) is 7.35. The number of morpholine rings is 1. The maximum Gasteiger partial charge on any atom is 0.317 e. The highest BCUT2D eigenvalue weighted by atomic mass is 32.1. The summed E-state index contributed by atoms with van der Waals surface area (Å²) in [4.78, 5) is 17.6. The number of nitrogens with zero attached hydrogens (tertiary/aromatic N) is 2. The van der Waals surface area contributed by atoms with Gasteiger partial charge in [0.2, 0.25) is 0 Å². The summed E-state index contributed by atoms with van der Waals surface area (Å²) in [5.74, 6) is 0. The minimum atomic E-state index is 0.000376. The number of hydrogen-bond donors (Lipinski definition) is 1. The zero-order chi connectivity index (χ0) is 15.4. The van der Waals surface area contributed by atoms with E-state index >= 15 is 0 Å². The van der Waals surface area contributed by atoms with Crippen molar-refractivity contribution in [1.29, 1.82) is 0 Å². The fraction of sp³-hybridized carbons (Fsp3) is 0.667. The van der Waals surface area contributed by atoms with Crippen molar-refractivity contribution in [2.45, 2.75) is 32.1 Å². The van der Waals surface area contributed by atoms with E-state index in [1.807, 2.05) is 38.9 Å². The first-order chi connectivity index (χ1) is 9.97. The van der Waals surface area contributed by atoms with E-state index in [4.69, 9.17) is 4.74 Å². The maximum absolute atomic E-state index is 12.3. The molecule has 1 fully saturated rings. The number of likely N-dealkylation sites (N-methyl/N-ethyl adjacent to an activating group) is 1. The van der Waals surface area contributed by atoms with Crippen LogP contribution in [-0.2, 0) is 4.74 Å². The summed E-state index contributed by atoms with van der Waals surface area (Å²) >= 11 is 1.72. The van der Waals surface area contributed by atoms with Gasteiger partial charge in [0, 0.05) is 24.5 Å². The molecule has 0 aliphatic carbocycles. The Morgan fingerprint density at radius 1 is 1.48 bits per heavy atom. The third kappa shape index (κ3) is 4.43. The first kappa shape index (κ1) is 16.3. The molecule has 1 aliphatic heterocycles. The molecular formula is C15H25N3O2S. The van der Waals surface area contributed by atoms with Crippen LogP contribution in [0.2, 0.25) is 0 Å². The summed E-state index contributed by atoms with van der Waals surface area (Å²) in [6, 6.07) is 4.37. The molecule has 1 aliphatic rings. The smallest absolute Gasteiger partial charge is 0.317 e. The second-order valence-corrected chi connectivity index (χ2v) is 6.82. The molecule has 1 N–H and O–H groups in total. The van der Waals surface area contributed by atoms with Crippen LogP contribution in [0.15, 0.2) is 17.5 Å². The molecule has 118 valence electrons. The average Bonchev–Trinajstić information content (AvgIpc) is 2.91. The van der Waals surface area contributed by atoms with Crippen LogP contribution in [0.1, 0.15) is 24.8 Å². The van der Waals surface area contributed by atoms with E-state index < -0.39 is 0 Å². The predicted octanol–water partition coefficient (Wildman–Crippen LogP) is 2.17. The van der Waals surface area contributed by atoms with E-state index in [0.717, 1.165) is 0 Å². The number of carbonyl (C=O) groups is 1. The second kappa shape index (κ2) is 7.24. The minimum absolute atomic E-state index is 0.000376. The predicted molar refractivity (Wildman–Crippen MR) is 85.7 cm³/mol. The molecule has 21 heavy (non-hydrogen) atoms. The van der Waals surface area contributed by atoms with Gasteiger partial charge in [-0.2, -0.15) is 0 Å². The monoisotopic (exact) mass is 311 g/mol. The second-order valence-electron chi connectivity index (χ2n) is 5.84. The summed E-state index contributed by atoms with van der Waals surface area (Å²) in [7, 11) is 4.07. The van der Waals surface area contributed by atoms with Crippen LogP contribution < -0.4 is 5.32 Å². The van der Waals surface area contributed by atoms with Crippen LogP contribution in [0.4, 0.5) is 4.79 Å². The average molecular weight is 311 g/mol. The molecule has 5 nitrogen and oxygen atoms in total. The van der Waals surface area contributed by atoms with Gasteiger partial charge in [-0.3, -0.25) is 0 Å². The van der Waals surface area contributed by atoms with Crippen molar-refractivity contribution >= 4 is 17.4 Å². The zero-order valence-corrected chi connectivity index (χ0v) is 14.0. The molecule has 0 unspecified atom stereocenters. The summed E-state index contributed by atoms with van der Waals surface area (Å²) in [6.45, 7) is 5.94. The Labute approximate surface area is 130 Å². The topological polar surface area (TPSA) is 44.8 Å². The number of nitrogens with one attached hydrogen (secondary N) is 1. The molecule has 2 rings (SSSR count). The summed E-state index contributed by atoms with van der Waals surface area (Å²) < 4.78 is 5.66. The van der Waals surface area contributed by atoms with Gasteiger partial charge in [0.05, 0.1) is 18.2 Å². The van der Waals surface area contributed by atoms with Crippen molar-refractivity contribution in [2.75, 3.05) is 33.7 Å². The Bertz CT molecular complexity index is 440. The lowest BCUT2D eigenvalue weighted by molar-refractivity contribution is -0.0546. The molecule has 1 saturated heterocycles. The minimum Gasteiger partial charge on any atom is -0.372 e. The Morgan fingerprint density at radius 3 is 2.67 bits per heavy atom. The van der Waals surface area contributed by atoms with E-state index in [1.165, 1.54) is 4.88 Å². The number of urea groups is 1. The third-order valence-corrected chi connectivity index (χ3v) is 4.62. The number of thiophene rings is 1. The lowest BCUT2D eigenvalue weighted by atomic mass is 10.2. The highest BCUT2D eigenvalue weighted by molar-refractivity contribution is 7.10. The zero-order valence-electron chi connectivity index (χ0n) is 13.2. The Balaban J connectivity index is 1.90. The summed E-state index contributed by atoms with van der Waals surface area (Å²) in [5, 5.41) is 5.13. The summed E-state index contributed by atoms with van der Waals surface area (Å²) in [5.41, 5.74) is 0. The van der Waals surface area contributed by atoms with Crippen molar-refractivity contribution in [3.63, 3.8) is 0 Å². The fourth-order valence-corrected chi connectivity index (χ4v) is 3.58. The van der Waals surface area contributed by atoms with Crippen LogP contribution in [0.25, 0.3) is 0 Å². The normalized spacial score (nSPS) is 24.1. The van der Waals surface area contributed by atoms with Gasteiger partial charge in [-0.05, 0) is 39.4 Å². The Hall–Kier alpha value is -1.11. The van der Waals surface area contributed by atoms with Gasteiger partial charge in [-0.15, -0.1) is 11.3 Å². The van der Waals surface area contributed by atoms with Gasteiger partial charge in [-0.1, -0.05) is 6.07 Å². The van der Waals surface area contributed by atoms with E-state index in [1.54, 1.807) is 11.3 Å². The lowest BCUT2D eigenvalue weighted by Crippen LogP contribution is -2.52. The first-order valence-corrected chi connectivity index (χ1v) is 8.23. The molecule has 0 bridgehead atoms. The van der Waals surface area contributed by atoms with Gasteiger partial charge in [0.1, 0.15) is 0 Å². The van der Waals surface area contributed by atoms with Crippen LogP contribution in [0.3, 0.4) is 0 Å². The van der Waals surface area contributed by atoms with Crippen LogP contribution in [0.5, 0.6) is 0 Å². The Morgan fingerprint density at radius 2 is 2.14 bits per heavy atom. The molecule has 0 spiro atoms. The maximum atomic E-state index is 12.3. The van der Waals surface area contributed by atoms with Crippen LogP contribution >= 0.6 is 11.3 Å². The molecule has 1 aromatic rings. The number of hydrogen-bond acceptors (Lipinski definition) is 4. The lowest BCUT2D eigenvalue weighted by Gasteiger charge is -2.35. The van der Waals surface area contributed by atoms with Gasteiger partial charge in [-0.25, -0.2) is 4.79 Å². The van der Waals surface area contributed by atoms with E-state index in [-0.39, 0.29) is 24.3 Å². The highest BCUT2D eigenvalue weighted by Gasteiger charge is 2.26. The largest absolute Gasteiger partial charge is 0.372 e. The number of carbonyl (C=O) groups excluding carboxylic acids is 1. The standard InChI is InChI=1S/C15H25N3O2S/c1-11-9-18(10-12(2)20-11)15(19)16-8-13(17(3)4)14-6-5-7-21-14/h5-7,11-13H,8-10H2,1-4H3,(H,16,19)/t11-,12-,13+/m1/s1. The van der Waals surface area contributed by atoms with Crippen molar-refractivity contribution in [3.8, 4) is 0 Å². The molecule has 6 heteroatoms. The van der Waals surface area contributed by atoms with Crippen molar-refractivity contribution in [2.24, 2.45) is 0 Å². The van der Waals surface area contributed by atoms with Crippen LogP contribution in [-0.4, -0.2) is 61.8 Å². The number of ether oxygens (including phenoxy) is 1. The van der Waals surface area contributed by atoms with Gasteiger partial charge < -0.3 is 19.9 Å². The van der Waals surface area contributed by atoms with Gasteiger partial charge in [0.15, 0.2) is 0 Å². The fourth-order valence-electron chi connectivity index (χ4n) is 2.66. The molecule has 0 saturated carbocycles. The molecule has 2 amide bonds. The SMILES string of the molecule is C[C@@H]1CN(C(=O)NC[C@@H](c2cccs2)N(C)C)C[C@@H](C)O1. The van der Waals surface area contributed by atoms with E-state index in [0.29, 0.717) is 19.6 Å². The molecule has 0 aromatic carbocycles. The van der Waals surface area contributed by atoms with Crippen molar-refractivity contribution in [3.05, 3.63) is 22.4 Å². The third-order valence-electron chi connectivity index (χ3n) is 3.65. The molecule has 2 heterocycles. The summed E-state index contributed by atoms with van der Waals surface area (Å²) in [6.07, 6.45) is 0.197. The number of amides is 2. The van der Waals surface area contributed by atoms with Crippen molar-refractivity contribution in [1.82, 2.24) is 15.1 Å². The highest BCUT2D eigenvalue weighted by Crippen LogP contribution is 2.22. The van der Waals surface area contributed by atoms with Crippen LogP contribution in [0, 0.1) is 0 Å².